The molecule has 0 spiro atoms. The molecule has 0 radical (unpaired) electrons. The number of carboxylic acids is 1. The van der Waals surface area contributed by atoms with Crippen LogP contribution in [0.2, 0.25) is 0 Å². The van der Waals surface area contributed by atoms with Crippen LogP contribution < -0.4 is 10.5 Å². The van der Waals surface area contributed by atoms with Crippen LogP contribution in [0.1, 0.15) is 17.9 Å². The molecule has 0 saturated carbocycles. The van der Waals surface area contributed by atoms with Crippen molar-refractivity contribution in [1.82, 2.24) is 0 Å². The molecule has 1 aliphatic rings. The Morgan fingerprint density at radius 3 is 3.07 bits per heavy atom. The summed E-state index contributed by atoms with van der Waals surface area (Å²) in [5.41, 5.74) is 6.84. The van der Waals surface area contributed by atoms with E-state index in [0.717, 1.165) is 0 Å². The summed E-state index contributed by atoms with van der Waals surface area (Å²) < 4.78 is 5.34. The molecule has 0 fully saturated rings. The number of benzene rings is 1. The molecule has 0 amide bonds. The number of rotatable bonds is 1. The minimum atomic E-state index is -0.840. The number of carbonyl (C=O) groups is 1. The highest BCUT2D eigenvalue weighted by atomic mass is 16.5. The Bertz CT molecular complexity index is 376. The number of carboxylic acid groups (broad SMARTS) is 1. The Hall–Kier alpha value is -1.71. The maximum atomic E-state index is 11.0. The van der Waals surface area contributed by atoms with Gasteiger partial charge in [0.25, 0.3) is 0 Å². The molecular weight excluding hydrogens is 182 g/mol. The van der Waals surface area contributed by atoms with Gasteiger partial charge in [-0.15, -0.1) is 0 Å². The number of hydrogen-bond donors (Lipinski definition) is 2. The highest BCUT2D eigenvalue weighted by Gasteiger charge is 2.29. The van der Waals surface area contributed by atoms with Gasteiger partial charge in [0.05, 0.1) is 12.5 Å². The predicted molar refractivity (Wildman–Crippen MR) is 51.3 cm³/mol. The second-order valence-corrected chi connectivity index (χ2v) is 3.29. The van der Waals surface area contributed by atoms with E-state index >= 15 is 0 Å². The Morgan fingerprint density at radius 2 is 2.36 bits per heavy atom. The van der Waals surface area contributed by atoms with Crippen LogP contribution in [-0.2, 0) is 4.79 Å². The van der Waals surface area contributed by atoms with Crippen molar-refractivity contribution < 1.29 is 14.6 Å². The number of hydrogen-bond acceptors (Lipinski definition) is 3. The molecule has 1 atom stereocenters. The lowest BCUT2D eigenvalue weighted by molar-refractivity contribution is -0.139. The monoisotopic (exact) mass is 193 g/mol. The lowest BCUT2D eigenvalue weighted by Gasteiger charge is -2.24. The predicted octanol–water partition coefficient (Wildman–Crippen LogP) is 1.22. The van der Waals surface area contributed by atoms with Gasteiger partial charge in [-0.3, -0.25) is 4.79 Å². The summed E-state index contributed by atoms with van der Waals surface area (Å²) in [5.74, 6) is -0.768. The molecule has 14 heavy (non-hydrogen) atoms. The zero-order valence-corrected chi connectivity index (χ0v) is 7.56. The minimum Gasteiger partial charge on any atom is -0.493 e. The highest BCUT2D eigenvalue weighted by molar-refractivity contribution is 5.80. The van der Waals surface area contributed by atoms with E-state index in [-0.39, 0.29) is 0 Å². The molecule has 0 saturated heterocycles. The molecule has 2 rings (SSSR count). The quantitative estimate of drug-likeness (QED) is 0.658. The van der Waals surface area contributed by atoms with Crippen molar-refractivity contribution in [2.24, 2.45) is 0 Å². The van der Waals surface area contributed by atoms with E-state index in [1.165, 1.54) is 0 Å². The zero-order chi connectivity index (χ0) is 10.1. The van der Waals surface area contributed by atoms with Crippen molar-refractivity contribution in [3.63, 3.8) is 0 Å². The second kappa shape index (κ2) is 3.21. The average molecular weight is 193 g/mol. The van der Waals surface area contributed by atoms with Crippen molar-refractivity contribution in [1.29, 1.82) is 0 Å². The third-order valence-electron chi connectivity index (χ3n) is 2.41. The van der Waals surface area contributed by atoms with E-state index in [2.05, 4.69) is 0 Å². The first-order valence-electron chi connectivity index (χ1n) is 4.44. The van der Waals surface area contributed by atoms with E-state index in [0.29, 0.717) is 30.0 Å². The summed E-state index contributed by atoms with van der Waals surface area (Å²) in [4.78, 5) is 11.0. The van der Waals surface area contributed by atoms with E-state index in [1.54, 1.807) is 18.2 Å². The molecule has 1 aliphatic heterocycles. The van der Waals surface area contributed by atoms with Gasteiger partial charge in [-0.2, -0.15) is 0 Å². The SMILES string of the molecule is Nc1cccc2c1C(C(=O)O)CCO2. The molecule has 0 aromatic heterocycles. The lowest BCUT2D eigenvalue weighted by Crippen LogP contribution is -2.22. The van der Waals surface area contributed by atoms with Crippen molar-refractivity contribution >= 4 is 11.7 Å². The highest BCUT2D eigenvalue weighted by Crippen LogP contribution is 2.37. The number of aliphatic carboxylic acids is 1. The topological polar surface area (TPSA) is 72.6 Å². The molecule has 0 aliphatic carbocycles. The molecule has 1 aromatic rings. The normalized spacial score (nSPS) is 19.6. The van der Waals surface area contributed by atoms with Crippen LogP contribution in [0.4, 0.5) is 5.69 Å². The van der Waals surface area contributed by atoms with Gasteiger partial charge in [0, 0.05) is 11.3 Å². The Balaban J connectivity index is 2.52. The number of nitrogens with two attached hydrogens (primary N) is 1. The van der Waals surface area contributed by atoms with Gasteiger partial charge in [-0.1, -0.05) is 6.07 Å². The first-order valence-corrected chi connectivity index (χ1v) is 4.44. The number of nitrogen functional groups attached to an aromatic ring is 1. The largest absolute Gasteiger partial charge is 0.493 e. The first kappa shape index (κ1) is 8.87. The summed E-state index contributed by atoms with van der Waals surface area (Å²) in [6.07, 6.45) is 0.483. The number of anilines is 1. The maximum Gasteiger partial charge on any atom is 0.311 e. The van der Waals surface area contributed by atoms with Gasteiger partial charge in [0.1, 0.15) is 5.75 Å². The summed E-state index contributed by atoms with van der Waals surface area (Å²) in [7, 11) is 0. The van der Waals surface area contributed by atoms with E-state index in [9.17, 15) is 4.79 Å². The van der Waals surface area contributed by atoms with Crippen LogP contribution in [0.15, 0.2) is 18.2 Å². The number of fused-ring (bicyclic) bond motifs is 1. The molecular formula is C10H11NO3. The van der Waals surface area contributed by atoms with Gasteiger partial charge in [0.2, 0.25) is 0 Å². The fourth-order valence-corrected chi connectivity index (χ4v) is 1.74. The molecule has 1 heterocycles. The lowest BCUT2D eigenvalue weighted by atomic mass is 9.92. The third kappa shape index (κ3) is 1.28. The fourth-order valence-electron chi connectivity index (χ4n) is 1.74. The van der Waals surface area contributed by atoms with Gasteiger partial charge in [0.15, 0.2) is 0 Å². The smallest absolute Gasteiger partial charge is 0.311 e. The molecule has 3 N–H and O–H groups in total. The van der Waals surface area contributed by atoms with Gasteiger partial charge < -0.3 is 15.6 Å². The summed E-state index contributed by atoms with van der Waals surface area (Å²) in [5, 5.41) is 9.00. The Kier molecular flexibility index (Phi) is 2.04. The Morgan fingerprint density at radius 1 is 1.57 bits per heavy atom. The molecule has 1 aromatic carbocycles. The molecule has 0 bridgehead atoms. The molecule has 4 heteroatoms. The summed E-state index contributed by atoms with van der Waals surface area (Å²) >= 11 is 0. The van der Waals surface area contributed by atoms with Crippen molar-refractivity contribution in [3.8, 4) is 5.75 Å². The van der Waals surface area contributed by atoms with E-state index in [1.807, 2.05) is 0 Å². The summed E-state index contributed by atoms with van der Waals surface area (Å²) in [6.45, 7) is 0.438. The van der Waals surface area contributed by atoms with Crippen LogP contribution >= 0.6 is 0 Å². The second-order valence-electron chi connectivity index (χ2n) is 3.29. The standard InChI is InChI=1S/C10H11NO3/c11-7-2-1-3-8-9(7)6(10(12)13)4-5-14-8/h1-3,6H,4-5,11H2,(H,12,13). The number of ether oxygens (including phenoxy) is 1. The van der Waals surface area contributed by atoms with Crippen molar-refractivity contribution in [2.75, 3.05) is 12.3 Å². The van der Waals surface area contributed by atoms with Crippen LogP contribution in [0.25, 0.3) is 0 Å². The fraction of sp³-hybridized carbons (Fsp3) is 0.300. The zero-order valence-electron chi connectivity index (χ0n) is 7.56. The Labute approximate surface area is 81.3 Å². The third-order valence-corrected chi connectivity index (χ3v) is 2.41. The van der Waals surface area contributed by atoms with Crippen LogP contribution in [-0.4, -0.2) is 17.7 Å². The van der Waals surface area contributed by atoms with Crippen LogP contribution in [0, 0.1) is 0 Å². The average Bonchev–Trinajstić information content (AvgIpc) is 2.17. The van der Waals surface area contributed by atoms with Crippen molar-refractivity contribution in [3.05, 3.63) is 23.8 Å². The summed E-state index contributed by atoms with van der Waals surface area (Å²) in [6, 6.07) is 5.21. The van der Waals surface area contributed by atoms with E-state index in [4.69, 9.17) is 15.6 Å². The maximum absolute atomic E-state index is 11.0. The van der Waals surface area contributed by atoms with Crippen LogP contribution in [0.3, 0.4) is 0 Å². The van der Waals surface area contributed by atoms with E-state index < -0.39 is 11.9 Å². The molecule has 4 nitrogen and oxygen atoms in total. The van der Waals surface area contributed by atoms with Gasteiger partial charge in [-0.05, 0) is 18.6 Å². The van der Waals surface area contributed by atoms with Gasteiger partial charge >= 0.3 is 5.97 Å². The molecule has 74 valence electrons. The van der Waals surface area contributed by atoms with Crippen LogP contribution in [0.5, 0.6) is 5.75 Å². The van der Waals surface area contributed by atoms with Gasteiger partial charge in [-0.25, -0.2) is 0 Å². The minimum absolute atomic E-state index is 0.438. The van der Waals surface area contributed by atoms with Crippen molar-refractivity contribution in [2.45, 2.75) is 12.3 Å². The first-order chi connectivity index (χ1) is 6.70. The molecule has 1 unspecified atom stereocenters.